The third-order valence-electron chi connectivity index (χ3n) is 4.84. The van der Waals surface area contributed by atoms with Crippen LogP contribution < -0.4 is 10.1 Å². The number of carbonyl (C=O) groups excluding carboxylic acids is 2. The van der Waals surface area contributed by atoms with Crippen LogP contribution in [0.4, 0.5) is 11.4 Å². The predicted octanol–water partition coefficient (Wildman–Crippen LogP) is 0.402. The van der Waals surface area contributed by atoms with Crippen molar-refractivity contribution >= 4 is 23.2 Å². The zero-order chi connectivity index (χ0) is 14.7. The molecule has 4 rings (SSSR count). The Morgan fingerprint density at radius 3 is 2.05 bits per heavy atom. The molecule has 1 aliphatic heterocycles. The van der Waals surface area contributed by atoms with Gasteiger partial charge in [0.25, 0.3) is 0 Å². The van der Waals surface area contributed by atoms with Crippen LogP contribution in [0.25, 0.3) is 0 Å². The summed E-state index contributed by atoms with van der Waals surface area (Å²) >= 11 is 0. The first kappa shape index (κ1) is 12.7. The van der Waals surface area contributed by atoms with E-state index in [1.807, 2.05) is 12.2 Å². The lowest BCUT2D eigenvalue weighted by Crippen LogP contribution is -2.99. The largest absolute Gasteiger partial charge is 0.595 e. The van der Waals surface area contributed by atoms with Crippen molar-refractivity contribution in [2.45, 2.75) is 6.42 Å². The quantitative estimate of drug-likeness (QED) is 0.468. The van der Waals surface area contributed by atoms with Gasteiger partial charge in [-0.15, -0.1) is 0 Å². The average molecular weight is 286 g/mol. The van der Waals surface area contributed by atoms with Crippen molar-refractivity contribution in [3.8, 4) is 0 Å². The summed E-state index contributed by atoms with van der Waals surface area (Å²) in [6.07, 6.45) is 5.00. The van der Waals surface area contributed by atoms with Gasteiger partial charge in [0.2, 0.25) is 11.8 Å². The van der Waals surface area contributed by atoms with E-state index in [-0.39, 0.29) is 41.2 Å². The lowest BCUT2D eigenvalue weighted by molar-refractivity contribution is -0.991. The molecular formula is C15H14N2O4. The molecule has 2 N–H and O–H groups in total. The molecule has 6 heteroatoms. The summed E-state index contributed by atoms with van der Waals surface area (Å²) in [4.78, 5) is 26.4. The first-order valence-electron chi connectivity index (χ1n) is 6.97. The average Bonchev–Trinajstić information content (AvgIpc) is 3.13. The summed E-state index contributed by atoms with van der Waals surface area (Å²) in [5.41, 5.74) is 0.601. The van der Waals surface area contributed by atoms with Gasteiger partial charge in [-0.05, 0) is 30.4 Å². The fraction of sp³-hybridized carbons (Fsp3) is 0.333. The summed E-state index contributed by atoms with van der Waals surface area (Å²) in [5.74, 6) is -0.396. The maximum absolute atomic E-state index is 12.6. The molecule has 1 aromatic carbocycles. The number of quaternary nitrogens is 1. The van der Waals surface area contributed by atoms with Crippen LogP contribution in [0, 0.1) is 28.9 Å². The van der Waals surface area contributed by atoms with Crippen LogP contribution in [0.3, 0.4) is 0 Å². The molecule has 3 aliphatic rings. The van der Waals surface area contributed by atoms with Gasteiger partial charge in [-0.25, -0.2) is 5.21 Å². The maximum Gasteiger partial charge on any atom is 0.238 e. The molecule has 5 atom stereocenters. The van der Waals surface area contributed by atoms with Crippen molar-refractivity contribution in [2.24, 2.45) is 23.7 Å². The molecule has 6 nitrogen and oxygen atoms in total. The Kier molecular flexibility index (Phi) is 2.56. The molecule has 1 unspecified atom stereocenters. The summed E-state index contributed by atoms with van der Waals surface area (Å²) in [5, 5.41) is 18.7. The highest BCUT2D eigenvalue weighted by Gasteiger charge is 2.59. The second-order valence-electron chi connectivity index (χ2n) is 5.86. The van der Waals surface area contributed by atoms with Crippen LogP contribution in [0.5, 0.6) is 0 Å². The number of carbonyl (C=O) groups is 2. The van der Waals surface area contributed by atoms with Gasteiger partial charge in [-0.2, -0.15) is 5.23 Å². The number of allylic oxidation sites excluding steroid dienone is 2. The molecule has 0 radical (unpaired) electrons. The third-order valence-corrected chi connectivity index (χ3v) is 4.84. The number of nitrogens with one attached hydrogen (secondary N) is 1. The normalized spacial score (nSPS) is 34.7. The molecule has 2 amide bonds. The van der Waals surface area contributed by atoms with Gasteiger partial charge in [0.15, 0.2) is 5.69 Å². The van der Waals surface area contributed by atoms with Gasteiger partial charge in [0.05, 0.1) is 17.5 Å². The van der Waals surface area contributed by atoms with E-state index in [1.54, 1.807) is 0 Å². The van der Waals surface area contributed by atoms with Crippen LogP contribution in [0.1, 0.15) is 6.42 Å². The van der Waals surface area contributed by atoms with Gasteiger partial charge in [-0.3, -0.25) is 14.5 Å². The predicted molar refractivity (Wildman–Crippen MR) is 72.4 cm³/mol. The first-order valence-corrected chi connectivity index (χ1v) is 6.97. The summed E-state index contributed by atoms with van der Waals surface area (Å²) in [6.45, 7) is 0. The van der Waals surface area contributed by atoms with Crippen molar-refractivity contribution in [3.05, 3.63) is 41.6 Å². The molecule has 1 saturated heterocycles. The fourth-order valence-electron chi connectivity index (χ4n) is 3.91. The van der Waals surface area contributed by atoms with Crippen LogP contribution in [-0.4, -0.2) is 17.0 Å². The van der Waals surface area contributed by atoms with E-state index in [4.69, 9.17) is 5.21 Å². The van der Waals surface area contributed by atoms with E-state index >= 15 is 0 Å². The van der Waals surface area contributed by atoms with Crippen LogP contribution in [0.2, 0.25) is 0 Å². The number of nitrogens with zero attached hydrogens (tertiary/aromatic N) is 1. The van der Waals surface area contributed by atoms with E-state index in [0.29, 0.717) is 5.69 Å². The Balaban J connectivity index is 1.68. The molecule has 1 aromatic rings. The van der Waals surface area contributed by atoms with E-state index in [2.05, 4.69) is 0 Å². The van der Waals surface area contributed by atoms with E-state index in [9.17, 15) is 14.8 Å². The van der Waals surface area contributed by atoms with Crippen LogP contribution in [-0.2, 0) is 9.59 Å². The minimum atomic E-state index is -1.03. The molecule has 21 heavy (non-hydrogen) atoms. The standard InChI is InChI=1S/C15H14N2O4/c18-14-12-8-1-2-9(7-8)13(12)15(19)16(14)10-3-5-11(6-4-10)17(20)21/h1-6,8-9,12-13,17,20H,7H2/t8-,9-,12-,13-/m1/s1. The highest BCUT2D eigenvalue weighted by atomic mass is 16.8. The topological polar surface area (TPSA) is 85.1 Å². The number of fused-ring (bicyclic) bond motifs is 5. The SMILES string of the molecule is O=C1[C@H]2[C@H](C(=O)N1c1ccc([NH+]([O-])O)cc1)[C@@H]1C=C[C@@H]2C1. The van der Waals surface area contributed by atoms with Gasteiger partial charge in [0, 0.05) is 12.1 Å². The molecule has 1 heterocycles. The Hall–Kier alpha value is -2.02. The van der Waals surface area contributed by atoms with Gasteiger partial charge in [0.1, 0.15) is 0 Å². The van der Waals surface area contributed by atoms with Crippen molar-refractivity contribution in [1.82, 2.24) is 0 Å². The minimum Gasteiger partial charge on any atom is -0.595 e. The summed E-state index contributed by atoms with van der Waals surface area (Å²) in [6, 6.07) is 5.88. The van der Waals surface area contributed by atoms with Crippen LogP contribution >= 0.6 is 0 Å². The Bertz CT molecular complexity index is 622. The number of rotatable bonds is 2. The molecule has 0 aromatic heterocycles. The summed E-state index contributed by atoms with van der Waals surface area (Å²) in [7, 11) is 0. The van der Waals surface area contributed by atoms with Gasteiger partial charge < -0.3 is 5.21 Å². The smallest absolute Gasteiger partial charge is 0.238 e. The molecule has 2 fully saturated rings. The van der Waals surface area contributed by atoms with Crippen molar-refractivity contribution in [3.63, 3.8) is 0 Å². The van der Waals surface area contributed by atoms with Crippen molar-refractivity contribution in [1.29, 1.82) is 0 Å². The molecule has 1 saturated carbocycles. The van der Waals surface area contributed by atoms with Crippen LogP contribution in [0.15, 0.2) is 36.4 Å². The number of imide groups is 1. The van der Waals surface area contributed by atoms with Crippen molar-refractivity contribution < 1.29 is 20.0 Å². The number of amides is 2. The fourth-order valence-corrected chi connectivity index (χ4v) is 3.91. The first-order chi connectivity index (χ1) is 10.1. The zero-order valence-electron chi connectivity index (χ0n) is 11.1. The second kappa shape index (κ2) is 4.24. The Morgan fingerprint density at radius 2 is 1.57 bits per heavy atom. The maximum atomic E-state index is 12.6. The van der Waals surface area contributed by atoms with E-state index in [0.717, 1.165) is 6.42 Å². The highest BCUT2D eigenvalue weighted by molar-refractivity contribution is 6.22. The number of hydrogen-bond donors (Lipinski definition) is 2. The highest BCUT2D eigenvalue weighted by Crippen LogP contribution is 2.53. The molecule has 2 bridgehead atoms. The lowest BCUT2D eigenvalue weighted by Gasteiger charge is -2.18. The van der Waals surface area contributed by atoms with Gasteiger partial charge in [-0.1, -0.05) is 12.2 Å². The number of benzene rings is 1. The summed E-state index contributed by atoms with van der Waals surface area (Å²) < 4.78 is 0. The molecule has 108 valence electrons. The molecule has 2 aliphatic carbocycles. The number of anilines is 1. The van der Waals surface area contributed by atoms with E-state index in [1.165, 1.54) is 29.2 Å². The van der Waals surface area contributed by atoms with E-state index < -0.39 is 5.23 Å². The third kappa shape index (κ3) is 1.64. The second-order valence-corrected chi connectivity index (χ2v) is 5.86. The number of hydrogen-bond acceptors (Lipinski definition) is 4. The Labute approximate surface area is 120 Å². The molecular weight excluding hydrogens is 272 g/mol. The van der Waals surface area contributed by atoms with Gasteiger partial charge >= 0.3 is 0 Å². The lowest BCUT2D eigenvalue weighted by atomic mass is 9.85. The minimum absolute atomic E-state index is 0.139. The van der Waals surface area contributed by atoms with Crippen molar-refractivity contribution in [2.75, 3.05) is 4.90 Å². The zero-order valence-corrected chi connectivity index (χ0v) is 11.1. The monoisotopic (exact) mass is 286 g/mol. The Morgan fingerprint density at radius 1 is 1.05 bits per heavy atom. The molecule has 0 spiro atoms.